The normalized spacial score (nSPS) is 42.5. The molecular weight excluding hydrogens is 156 g/mol. The van der Waals surface area contributed by atoms with Gasteiger partial charge < -0.3 is 15.3 Å². The van der Waals surface area contributed by atoms with Gasteiger partial charge in [0.05, 0.1) is 12.2 Å². The third-order valence-corrected chi connectivity index (χ3v) is 2.94. The van der Waals surface area contributed by atoms with Crippen LogP contribution >= 0.6 is 0 Å². The summed E-state index contributed by atoms with van der Waals surface area (Å²) in [5, 5.41) is 27.9. The van der Waals surface area contributed by atoms with Crippen molar-refractivity contribution in [3.63, 3.8) is 0 Å². The summed E-state index contributed by atoms with van der Waals surface area (Å²) >= 11 is 0. The van der Waals surface area contributed by atoms with E-state index >= 15 is 0 Å². The molecule has 1 saturated carbocycles. The van der Waals surface area contributed by atoms with Crippen LogP contribution in [0.25, 0.3) is 0 Å². The number of aliphatic hydroxyl groups excluding tert-OH is 3. The van der Waals surface area contributed by atoms with Crippen LogP contribution in [0.1, 0.15) is 20.3 Å². The summed E-state index contributed by atoms with van der Waals surface area (Å²) in [4.78, 5) is 0. The topological polar surface area (TPSA) is 60.7 Å². The Morgan fingerprint density at radius 3 is 2.08 bits per heavy atom. The van der Waals surface area contributed by atoms with Crippen molar-refractivity contribution in [1.82, 2.24) is 0 Å². The van der Waals surface area contributed by atoms with Gasteiger partial charge in [0.2, 0.25) is 0 Å². The second-order valence-corrected chi connectivity index (χ2v) is 4.07. The molecule has 0 aromatic carbocycles. The third kappa shape index (κ3) is 1.63. The first-order valence-corrected chi connectivity index (χ1v) is 4.55. The first kappa shape index (κ1) is 9.96. The SMILES string of the molecule is CC(C)[C@@H]1C[C@H](CO)[C@H](O)[C@H]1O. The summed E-state index contributed by atoms with van der Waals surface area (Å²) in [5.74, 6) is 0.371. The second kappa shape index (κ2) is 3.73. The van der Waals surface area contributed by atoms with Gasteiger partial charge in [-0.05, 0) is 18.3 Å². The molecule has 0 aliphatic heterocycles. The average molecular weight is 174 g/mol. The van der Waals surface area contributed by atoms with Gasteiger partial charge in [-0.2, -0.15) is 0 Å². The Balaban J connectivity index is 2.60. The Labute approximate surface area is 73.0 Å². The molecule has 0 aromatic rings. The van der Waals surface area contributed by atoms with E-state index in [-0.39, 0.29) is 18.4 Å². The second-order valence-electron chi connectivity index (χ2n) is 4.07. The lowest BCUT2D eigenvalue weighted by Gasteiger charge is -2.19. The minimum Gasteiger partial charge on any atom is -0.396 e. The molecular formula is C9H18O3. The van der Waals surface area contributed by atoms with Crippen molar-refractivity contribution in [2.75, 3.05) is 6.61 Å². The molecule has 3 N–H and O–H groups in total. The predicted molar refractivity (Wildman–Crippen MR) is 45.5 cm³/mol. The number of aliphatic hydroxyl groups is 3. The molecule has 12 heavy (non-hydrogen) atoms. The van der Waals surface area contributed by atoms with E-state index in [1.807, 2.05) is 13.8 Å². The maximum Gasteiger partial charge on any atom is 0.0852 e. The van der Waals surface area contributed by atoms with Crippen molar-refractivity contribution >= 4 is 0 Å². The van der Waals surface area contributed by atoms with Gasteiger partial charge in [0, 0.05) is 12.5 Å². The van der Waals surface area contributed by atoms with Gasteiger partial charge in [-0.3, -0.25) is 0 Å². The molecule has 1 fully saturated rings. The van der Waals surface area contributed by atoms with Crippen LogP contribution in [0, 0.1) is 17.8 Å². The van der Waals surface area contributed by atoms with Crippen molar-refractivity contribution in [2.24, 2.45) is 17.8 Å². The minimum atomic E-state index is -0.734. The van der Waals surface area contributed by atoms with Gasteiger partial charge in [0.25, 0.3) is 0 Å². The fourth-order valence-corrected chi connectivity index (χ4v) is 2.01. The van der Waals surface area contributed by atoms with E-state index in [0.29, 0.717) is 5.92 Å². The molecule has 3 heteroatoms. The van der Waals surface area contributed by atoms with Gasteiger partial charge in [0.1, 0.15) is 0 Å². The monoisotopic (exact) mass is 174 g/mol. The van der Waals surface area contributed by atoms with Crippen molar-refractivity contribution < 1.29 is 15.3 Å². The highest BCUT2D eigenvalue weighted by Crippen LogP contribution is 2.35. The lowest BCUT2D eigenvalue weighted by Crippen LogP contribution is -2.30. The summed E-state index contributed by atoms with van der Waals surface area (Å²) in [7, 11) is 0. The first-order chi connectivity index (χ1) is 5.57. The Kier molecular flexibility index (Phi) is 3.09. The smallest absolute Gasteiger partial charge is 0.0852 e. The van der Waals surface area contributed by atoms with Gasteiger partial charge >= 0.3 is 0 Å². The summed E-state index contributed by atoms with van der Waals surface area (Å²) in [5.41, 5.74) is 0. The number of hydrogen-bond acceptors (Lipinski definition) is 3. The lowest BCUT2D eigenvalue weighted by molar-refractivity contribution is -0.0120. The molecule has 72 valence electrons. The molecule has 1 aliphatic rings. The molecule has 0 amide bonds. The zero-order chi connectivity index (χ0) is 9.30. The van der Waals surface area contributed by atoms with E-state index in [2.05, 4.69) is 0 Å². The standard InChI is InChI=1S/C9H18O3/c1-5(2)7-3-6(4-10)8(11)9(7)12/h5-12H,3-4H2,1-2H3/t6-,7+,8+,9+/m1/s1. The Morgan fingerprint density at radius 2 is 1.83 bits per heavy atom. The number of rotatable bonds is 2. The molecule has 0 saturated heterocycles. The molecule has 0 aromatic heterocycles. The highest BCUT2D eigenvalue weighted by atomic mass is 16.3. The molecule has 1 rings (SSSR count). The third-order valence-electron chi connectivity index (χ3n) is 2.94. The van der Waals surface area contributed by atoms with Crippen LogP contribution in [0.4, 0.5) is 0 Å². The highest BCUT2D eigenvalue weighted by molar-refractivity contribution is 4.91. The zero-order valence-corrected chi connectivity index (χ0v) is 7.64. The van der Waals surface area contributed by atoms with Crippen molar-refractivity contribution in [3.05, 3.63) is 0 Å². The van der Waals surface area contributed by atoms with Gasteiger partial charge in [-0.1, -0.05) is 13.8 Å². The van der Waals surface area contributed by atoms with E-state index < -0.39 is 12.2 Å². The van der Waals surface area contributed by atoms with E-state index in [9.17, 15) is 10.2 Å². The first-order valence-electron chi connectivity index (χ1n) is 4.55. The summed E-state index contributed by atoms with van der Waals surface area (Å²) in [6.07, 6.45) is -0.652. The molecule has 0 spiro atoms. The highest BCUT2D eigenvalue weighted by Gasteiger charge is 2.41. The summed E-state index contributed by atoms with van der Waals surface area (Å²) < 4.78 is 0. The Bertz CT molecular complexity index is 147. The predicted octanol–water partition coefficient (Wildman–Crippen LogP) is -0.00740. The van der Waals surface area contributed by atoms with Gasteiger partial charge in [-0.15, -0.1) is 0 Å². The molecule has 3 nitrogen and oxygen atoms in total. The van der Waals surface area contributed by atoms with E-state index in [0.717, 1.165) is 6.42 Å². The molecule has 4 atom stereocenters. The van der Waals surface area contributed by atoms with Crippen LogP contribution < -0.4 is 0 Å². The minimum absolute atomic E-state index is 0.0263. The van der Waals surface area contributed by atoms with Crippen molar-refractivity contribution in [1.29, 1.82) is 0 Å². The van der Waals surface area contributed by atoms with Crippen LogP contribution in [0.3, 0.4) is 0 Å². The molecule has 0 heterocycles. The lowest BCUT2D eigenvalue weighted by atomic mass is 9.92. The summed E-state index contributed by atoms with van der Waals surface area (Å²) in [6.45, 7) is 4.03. The Morgan fingerprint density at radius 1 is 1.25 bits per heavy atom. The maximum atomic E-state index is 9.57. The van der Waals surface area contributed by atoms with Crippen LogP contribution in [-0.4, -0.2) is 34.1 Å². The fourth-order valence-electron chi connectivity index (χ4n) is 2.01. The molecule has 0 radical (unpaired) electrons. The number of hydrogen-bond donors (Lipinski definition) is 3. The van der Waals surface area contributed by atoms with Crippen LogP contribution in [0.15, 0.2) is 0 Å². The average Bonchev–Trinajstić information content (AvgIpc) is 2.30. The quantitative estimate of drug-likeness (QED) is 0.552. The summed E-state index contributed by atoms with van der Waals surface area (Å²) in [6, 6.07) is 0. The zero-order valence-electron chi connectivity index (χ0n) is 7.64. The van der Waals surface area contributed by atoms with E-state index in [1.165, 1.54) is 0 Å². The van der Waals surface area contributed by atoms with Crippen LogP contribution in [0.2, 0.25) is 0 Å². The van der Waals surface area contributed by atoms with E-state index in [4.69, 9.17) is 5.11 Å². The largest absolute Gasteiger partial charge is 0.396 e. The molecule has 0 bridgehead atoms. The maximum absolute atomic E-state index is 9.57. The van der Waals surface area contributed by atoms with Gasteiger partial charge in [0.15, 0.2) is 0 Å². The van der Waals surface area contributed by atoms with Crippen LogP contribution in [0.5, 0.6) is 0 Å². The molecule has 1 aliphatic carbocycles. The van der Waals surface area contributed by atoms with Gasteiger partial charge in [-0.25, -0.2) is 0 Å². The Hall–Kier alpha value is -0.120. The van der Waals surface area contributed by atoms with Crippen LogP contribution in [-0.2, 0) is 0 Å². The van der Waals surface area contributed by atoms with Crippen molar-refractivity contribution in [3.8, 4) is 0 Å². The fraction of sp³-hybridized carbons (Fsp3) is 1.00. The molecule has 0 unspecified atom stereocenters. The van der Waals surface area contributed by atoms with Crippen molar-refractivity contribution in [2.45, 2.75) is 32.5 Å². The van der Waals surface area contributed by atoms with E-state index in [1.54, 1.807) is 0 Å².